The van der Waals surface area contributed by atoms with Gasteiger partial charge in [0.05, 0.1) is 0 Å². The molecule has 0 aliphatic rings. The molecule has 0 radical (unpaired) electrons. The van der Waals surface area contributed by atoms with E-state index < -0.39 is 0 Å². The topological polar surface area (TPSA) is 26.3 Å². The van der Waals surface area contributed by atoms with Crippen molar-refractivity contribution in [2.75, 3.05) is 0 Å². The fourth-order valence-corrected chi connectivity index (χ4v) is 3.25. The maximum atomic E-state index is 6.04. The lowest BCUT2D eigenvalue weighted by Gasteiger charge is -1.99. The second kappa shape index (κ2) is 5.29. The van der Waals surface area contributed by atoms with Crippen LogP contribution in [0.1, 0.15) is 17.1 Å². The molecule has 5 aromatic rings. The van der Waals surface area contributed by atoms with Crippen molar-refractivity contribution >= 4 is 32.7 Å². The first kappa shape index (κ1) is 13.9. The van der Waals surface area contributed by atoms with E-state index >= 15 is 0 Å². The molecular weight excluding hydrogens is 308 g/mol. The molecule has 0 fully saturated rings. The highest BCUT2D eigenvalue weighted by Crippen LogP contribution is 2.34. The highest BCUT2D eigenvalue weighted by atomic mass is 16.3. The third-order valence-electron chi connectivity index (χ3n) is 4.39. The summed E-state index contributed by atoms with van der Waals surface area (Å²) in [5.41, 5.74) is 2.73. The van der Waals surface area contributed by atoms with E-state index in [1.54, 1.807) is 0 Å². The summed E-state index contributed by atoms with van der Waals surface area (Å²) < 4.78 is 11.9. The molecule has 0 aliphatic heterocycles. The zero-order chi connectivity index (χ0) is 16.8. The van der Waals surface area contributed by atoms with Crippen LogP contribution in [0, 0.1) is 18.8 Å². The van der Waals surface area contributed by atoms with E-state index in [9.17, 15) is 0 Å². The normalized spacial score (nSPS) is 11.1. The molecule has 0 aliphatic carbocycles. The third-order valence-corrected chi connectivity index (χ3v) is 4.39. The highest BCUT2D eigenvalue weighted by Gasteiger charge is 2.11. The van der Waals surface area contributed by atoms with E-state index in [4.69, 9.17) is 8.83 Å². The van der Waals surface area contributed by atoms with Crippen molar-refractivity contribution < 1.29 is 8.83 Å². The molecular formula is C23H14O2. The summed E-state index contributed by atoms with van der Waals surface area (Å²) in [5, 5.41) is 4.27. The Balaban J connectivity index is 1.70. The van der Waals surface area contributed by atoms with Gasteiger partial charge in [-0.3, -0.25) is 0 Å². The van der Waals surface area contributed by atoms with E-state index in [1.807, 2.05) is 43.3 Å². The predicted molar refractivity (Wildman–Crippen MR) is 101 cm³/mol. The van der Waals surface area contributed by atoms with Gasteiger partial charge in [-0.05, 0) is 43.2 Å². The van der Waals surface area contributed by atoms with Crippen LogP contribution >= 0.6 is 0 Å². The molecule has 0 saturated heterocycles. The second-order valence-corrected chi connectivity index (χ2v) is 6.15. The van der Waals surface area contributed by atoms with Gasteiger partial charge in [0.25, 0.3) is 0 Å². The van der Waals surface area contributed by atoms with E-state index in [2.05, 4.69) is 42.2 Å². The Labute approximate surface area is 144 Å². The molecule has 0 unspecified atom stereocenters. The second-order valence-electron chi connectivity index (χ2n) is 6.15. The highest BCUT2D eigenvalue weighted by molar-refractivity contribution is 6.13. The number of rotatable bonds is 0. The number of hydrogen-bond acceptors (Lipinski definition) is 2. The van der Waals surface area contributed by atoms with Gasteiger partial charge in [-0.15, -0.1) is 0 Å². The first-order valence-electron chi connectivity index (χ1n) is 8.20. The predicted octanol–water partition coefficient (Wildman–Crippen LogP) is 6.04. The quantitative estimate of drug-likeness (QED) is 0.325. The molecule has 2 aromatic heterocycles. The van der Waals surface area contributed by atoms with Crippen LogP contribution in [0.25, 0.3) is 32.7 Å². The van der Waals surface area contributed by atoms with Crippen molar-refractivity contribution in [1.29, 1.82) is 0 Å². The molecule has 2 heteroatoms. The molecule has 5 rings (SSSR count). The van der Waals surface area contributed by atoms with Gasteiger partial charge in [0.1, 0.15) is 16.9 Å². The molecule has 0 saturated carbocycles. The van der Waals surface area contributed by atoms with Gasteiger partial charge in [-0.1, -0.05) is 36.3 Å². The first-order chi connectivity index (χ1) is 12.3. The maximum Gasteiger partial charge on any atom is 0.178 e. The van der Waals surface area contributed by atoms with Gasteiger partial charge in [-0.25, -0.2) is 0 Å². The number of furan rings is 2. The molecule has 3 aromatic carbocycles. The molecule has 25 heavy (non-hydrogen) atoms. The number of hydrogen-bond donors (Lipinski definition) is 0. The van der Waals surface area contributed by atoms with Gasteiger partial charge in [0, 0.05) is 33.2 Å². The molecule has 2 heterocycles. The summed E-state index contributed by atoms with van der Waals surface area (Å²) in [6, 6.07) is 22.3. The van der Waals surface area contributed by atoms with Crippen molar-refractivity contribution in [3.63, 3.8) is 0 Å². The Morgan fingerprint density at radius 3 is 2.12 bits per heavy atom. The van der Waals surface area contributed by atoms with E-state index in [-0.39, 0.29) is 0 Å². The van der Waals surface area contributed by atoms with Crippen LogP contribution in [0.4, 0.5) is 0 Å². The number of fused-ring (bicyclic) bond motifs is 5. The largest absolute Gasteiger partial charge is 0.461 e. The Bertz CT molecular complexity index is 1290. The SMILES string of the molecule is Cc1cc2ccc3c(ccc4cc(C#Cc5ccccc5)oc43)c2o1. The smallest absolute Gasteiger partial charge is 0.178 e. The van der Waals surface area contributed by atoms with Crippen molar-refractivity contribution in [3.05, 3.63) is 83.8 Å². The maximum absolute atomic E-state index is 6.04. The number of aryl methyl sites for hydroxylation is 1. The average molecular weight is 322 g/mol. The van der Waals surface area contributed by atoms with Crippen LogP contribution in [0.2, 0.25) is 0 Å². The molecule has 0 atom stereocenters. The molecule has 2 nitrogen and oxygen atoms in total. The van der Waals surface area contributed by atoms with E-state index in [0.717, 1.165) is 44.0 Å². The van der Waals surface area contributed by atoms with Gasteiger partial charge in [-0.2, -0.15) is 0 Å². The summed E-state index contributed by atoms with van der Waals surface area (Å²) in [6.45, 7) is 1.97. The van der Waals surface area contributed by atoms with Crippen LogP contribution in [0.3, 0.4) is 0 Å². The molecule has 0 N–H and O–H groups in total. The lowest BCUT2D eigenvalue weighted by Crippen LogP contribution is -1.74. The third kappa shape index (κ3) is 2.29. The lowest BCUT2D eigenvalue weighted by molar-refractivity contribution is 0.581. The average Bonchev–Trinajstić information content (AvgIpc) is 3.22. The molecule has 0 amide bonds. The first-order valence-corrected chi connectivity index (χ1v) is 8.20. The fourth-order valence-electron chi connectivity index (χ4n) is 3.25. The van der Waals surface area contributed by atoms with E-state index in [0.29, 0.717) is 5.76 Å². The van der Waals surface area contributed by atoms with Crippen molar-refractivity contribution in [3.8, 4) is 11.8 Å². The van der Waals surface area contributed by atoms with Crippen molar-refractivity contribution in [1.82, 2.24) is 0 Å². The zero-order valence-electron chi connectivity index (χ0n) is 13.7. The van der Waals surface area contributed by atoms with Gasteiger partial charge in [0.2, 0.25) is 0 Å². The van der Waals surface area contributed by atoms with Crippen LogP contribution in [-0.4, -0.2) is 0 Å². The molecule has 118 valence electrons. The summed E-state index contributed by atoms with van der Waals surface area (Å²) in [4.78, 5) is 0. The summed E-state index contributed by atoms with van der Waals surface area (Å²) in [5.74, 6) is 7.84. The van der Waals surface area contributed by atoms with Gasteiger partial charge >= 0.3 is 0 Å². The zero-order valence-corrected chi connectivity index (χ0v) is 13.7. The Morgan fingerprint density at radius 2 is 1.36 bits per heavy atom. The van der Waals surface area contributed by atoms with Gasteiger partial charge < -0.3 is 8.83 Å². The van der Waals surface area contributed by atoms with E-state index in [1.165, 1.54) is 0 Å². The summed E-state index contributed by atoms with van der Waals surface area (Å²) >= 11 is 0. The Kier molecular flexibility index (Phi) is 2.95. The van der Waals surface area contributed by atoms with Crippen molar-refractivity contribution in [2.24, 2.45) is 0 Å². The van der Waals surface area contributed by atoms with Crippen LogP contribution in [0.15, 0.2) is 75.6 Å². The Morgan fingerprint density at radius 1 is 0.680 bits per heavy atom. The number of benzene rings is 3. The van der Waals surface area contributed by atoms with Crippen LogP contribution in [-0.2, 0) is 0 Å². The minimum absolute atomic E-state index is 0.669. The van der Waals surface area contributed by atoms with Crippen LogP contribution in [0.5, 0.6) is 0 Å². The minimum atomic E-state index is 0.669. The fraction of sp³-hybridized carbons (Fsp3) is 0.0435. The van der Waals surface area contributed by atoms with Gasteiger partial charge in [0.15, 0.2) is 5.76 Å². The summed E-state index contributed by atoms with van der Waals surface area (Å²) in [7, 11) is 0. The lowest BCUT2D eigenvalue weighted by atomic mass is 10.1. The van der Waals surface area contributed by atoms with Crippen LogP contribution < -0.4 is 0 Å². The Hall–Kier alpha value is -3.44. The molecule has 0 bridgehead atoms. The van der Waals surface area contributed by atoms with Crippen molar-refractivity contribution in [2.45, 2.75) is 6.92 Å². The monoisotopic (exact) mass is 322 g/mol. The minimum Gasteiger partial charge on any atom is -0.461 e. The summed E-state index contributed by atoms with van der Waals surface area (Å²) in [6.07, 6.45) is 0. The molecule has 0 spiro atoms. The standard InChI is InChI=1S/C23H14O2/c1-15-13-17-8-11-21-20(22(17)24-15)12-9-18-14-19(25-23(18)21)10-7-16-5-3-2-4-6-16/h2-6,8-9,11-14H,1H3.